The number of benzene rings is 1. The predicted octanol–water partition coefficient (Wildman–Crippen LogP) is 2.17. The lowest BCUT2D eigenvalue weighted by Gasteiger charge is -2.13. The minimum atomic E-state index is -3.60. The van der Waals surface area contributed by atoms with Crippen molar-refractivity contribution in [1.29, 1.82) is 0 Å². The molecule has 1 aromatic carbocycles. The number of hydrogen-bond donors (Lipinski definition) is 1. The van der Waals surface area contributed by atoms with Gasteiger partial charge in [-0.25, -0.2) is 0 Å². The van der Waals surface area contributed by atoms with Crippen LogP contribution in [0.15, 0.2) is 30.3 Å². The van der Waals surface area contributed by atoms with Crippen LogP contribution >= 0.6 is 7.60 Å². The first-order valence-electron chi connectivity index (χ1n) is 4.55. The summed E-state index contributed by atoms with van der Waals surface area (Å²) in [6, 6.07) is 8.43. The van der Waals surface area contributed by atoms with E-state index >= 15 is 0 Å². The van der Waals surface area contributed by atoms with E-state index in [4.69, 9.17) is 4.52 Å². The Balaban J connectivity index is 2.71. The summed E-state index contributed by atoms with van der Waals surface area (Å²) >= 11 is 0. The van der Waals surface area contributed by atoms with Gasteiger partial charge < -0.3 is 9.42 Å². The second-order valence-electron chi connectivity index (χ2n) is 3.55. The molecule has 0 aliphatic carbocycles. The van der Waals surface area contributed by atoms with Crippen molar-refractivity contribution >= 4 is 12.9 Å². The molecule has 0 fully saturated rings. The Hall–Kier alpha value is -0.630. The van der Waals surface area contributed by atoms with Crippen LogP contribution < -0.4 is 5.30 Å². The van der Waals surface area contributed by atoms with Crippen molar-refractivity contribution in [3.05, 3.63) is 30.3 Å². The van der Waals surface area contributed by atoms with Crippen molar-refractivity contribution in [3.8, 4) is 0 Å². The molecule has 1 atom stereocenters. The van der Waals surface area contributed by atoms with E-state index in [1.54, 1.807) is 30.3 Å². The molecule has 0 saturated heterocycles. The summed E-state index contributed by atoms with van der Waals surface area (Å²) in [4.78, 5) is 9.57. The van der Waals surface area contributed by atoms with Crippen molar-refractivity contribution in [2.75, 3.05) is 6.61 Å². The van der Waals surface area contributed by atoms with Gasteiger partial charge in [0.15, 0.2) is 0 Å². The Bertz CT molecular complexity index is 321. The third-order valence-electron chi connectivity index (χ3n) is 1.67. The molecule has 1 N–H and O–H groups in total. The zero-order valence-corrected chi connectivity index (χ0v) is 9.28. The maximum Gasteiger partial charge on any atom is 0.358 e. The maximum absolute atomic E-state index is 11.7. The van der Waals surface area contributed by atoms with Crippen molar-refractivity contribution in [1.82, 2.24) is 0 Å². The highest BCUT2D eigenvalue weighted by atomic mass is 31.2. The van der Waals surface area contributed by atoms with E-state index < -0.39 is 7.60 Å². The summed E-state index contributed by atoms with van der Waals surface area (Å²) in [5.74, 6) is 0.249. The van der Waals surface area contributed by atoms with Gasteiger partial charge in [0.1, 0.15) is 0 Å². The smallest absolute Gasteiger partial charge is 0.321 e. The lowest BCUT2D eigenvalue weighted by atomic mass is 10.2. The molecule has 0 saturated carbocycles. The highest BCUT2D eigenvalue weighted by Crippen LogP contribution is 2.40. The standard InChI is InChI=1S/C10H15O3P/c1-9(2)8-13-14(11,12)10-6-4-3-5-7-10/h3-7,9H,8H2,1-2H3,(H,11,12). The summed E-state index contributed by atoms with van der Waals surface area (Å²) in [5.41, 5.74) is 0. The maximum atomic E-state index is 11.7. The molecule has 1 unspecified atom stereocenters. The molecular formula is C10H15O3P. The van der Waals surface area contributed by atoms with Crippen LogP contribution in [-0.4, -0.2) is 11.5 Å². The van der Waals surface area contributed by atoms with E-state index in [0.29, 0.717) is 11.9 Å². The molecule has 0 aromatic heterocycles. The molecule has 0 aliphatic rings. The van der Waals surface area contributed by atoms with Gasteiger partial charge >= 0.3 is 7.60 Å². The fraction of sp³-hybridized carbons (Fsp3) is 0.400. The van der Waals surface area contributed by atoms with Crippen molar-refractivity contribution in [2.24, 2.45) is 5.92 Å². The van der Waals surface area contributed by atoms with E-state index in [1.807, 2.05) is 13.8 Å². The Labute approximate surface area is 84.3 Å². The molecule has 0 amide bonds. The Kier molecular flexibility index (Phi) is 3.87. The van der Waals surface area contributed by atoms with E-state index in [0.717, 1.165) is 0 Å². The second kappa shape index (κ2) is 4.74. The molecule has 1 rings (SSSR count). The van der Waals surface area contributed by atoms with Gasteiger partial charge in [-0.1, -0.05) is 32.0 Å². The molecular weight excluding hydrogens is 199 g/mol. The highest BCUT2D eigenvalue weighted by Gasteiger charge is 2.22. The van der Waals surface area contributed by atoms with Gasteiger partial charge in [-0.05, 0) is 18.1 Å². The summed E-state index contributed by atoms with van der Waals surface area (Å²) in [5, 5.41) is 0.348. The first kappa shape index (κ1) is 11.4. The van der Waals surface area contributed by atoms with Crippen LogP contribution in [-0.2, 0) is 9.09 Å². The summed E-state index contributed by atoms with van der Waals surface area (Å²) in [7, 11) is -3.60. The minimum absolute atomic E-state index is 0.249. The molecule has 3 nitrogen and oxygen atoms in total. The average molecular weight is 214 g/mol. The normalized spacial score (nSPS) is 15.4. The average Bonchev–Trinajstić information content (AvgIpc) is 2.16. The minimum Gasteiger partial charge on any atom is -0.321 e. The van der Waals surface area contributed by atoms with Crippen LogP contribution in [0, 0.1) is 5.92 Å². The van der Waals surface area contributed by atoms with Crippen LogP contribution in [0.5, 0.6) is 0 Å². The number of rotatable bonds is 4. The summed E-state index contributed by atoms with van der Waals surface area (Å²) in [6.07, 6.45) is 0. The zero-order valence-electron chi connectivity index (χ0n) is 8.38. The Morgan fingerprint density at radius 2 is 1.93 bits per heavy atom. The van der Waals surface area contributed by atoms with Gasteiger partial charge in [-0.2, -0.15) is 0 Å². The molecule has 4 heteroatoms. The van der Waals surface area contributed by atoms with Crippen LogP contribution in [0.4, 0.5) is 0 Å². The van der Waals surface area contributed by atoms with Crippen LogP contribution in [0.1, 0.15) is 13.8 Å². The van der Waals surface area contributed by atoms with Crippen molar-refractivity contribution < 1.29 is 14.0 Å². The lowest BCUT2D eigenvalue weighted by Crippen LogP contribution is -2.09. The SMILES string of the molecule is CC(C)COP(=O)(O)c1ccccc1. The fourth-order valence-corrected chi connectivity index (χ4v) is 2.14. The third kappa shape index (κ3) is 3.26. The van der Waals surface area contributed by atoms with E-state index in [9.17, 15) is 9.46 Å². The first-order chi connectivity index (χ1) is 6.52. The predicted molar refractivity (Wildman–Crippen MR) is 56.7 cm³/mol. The zero-order chi connectivity index (χ0) is 10.6. The molecule has 0 bridgehead atoms. The summed E-state index contributed by atoms with van der Waals surface area (Å²) < 4.78 is 16.6. The van der Waals surface area contributed by atoms with Gasteiger partial charge in [0.05, 0.1) is 11.9 Å². The fourth-order valence-electron chi connectivity index (χ4n) is 0.941. The molecule has 78 valence electrons. The highest BCUT2D eigenvalue weighted by molar-refractivity contribution is 7.61. The van der Waals surface area contributed by atoms with Gasteiger partial charge in [-0.3, -0.25) is 4.57 Å². The Morgan fingerprint density at radius 3 is 2.43 bits per heavy atom. The molecule has 0 spiro atoms. The van der Waals surface area contributed by atoms with Gasteiger partial charge in [0.25, 0.3) is 0 Å². The second-order valence-corrected chi connectivity index (χ2v) is 5.36. The van der Waals surface area contributed by atoms with Crippen LogP contribution in [0.3, 0.4) is 0 Å². The van der Waals surface area contributed by atoms with Gasteiger partial charge in [-0.15, -0.1) is 0 Å². The molecule has 1 aromatic rings. The first-order valence-corrected chi connectivity index (χ1v) is 6.13. The van der Waals surface area contributed by atoms with E-state index in [-0.39, 0.29) is 5.92 Å². The van der Waals surface area contributed by atoms with Gasteiger partial charge in [0.2, 0.25) is 0 Å². The molecule has 14 heavy (non-hydrogen) atoms. The van der Waals surface area contributed by atoms with E-state index in [1.165, 1.54) is 0 Å². The van der Waals surface area contributed by atoms with Crippen LogP contribution in [0.25, 0.3) is 0 Å². The third-order valence-corrected chi connectivity index (χ3v) is 3.12. The van der Waals surface area contributed by atoms with Crippen molar-refractivity contribution in [3.63, 3.8) is 0 Å². The monoisotopic (exact) mass is 214 g/mol. The number of hydrogen-bond acceptors (Lipinski definition) is 2. The molecule has 0 heterocycles. The van der Waals surface area contributed by atoms with Crippen LogP contribution in [0.2, 0.25) is 0 Å². The quantitative estimate of drug-likeness (QED) is 0.781. The van der Waals surface area contributed by atoms with E-state index in [2.05, 4.69) is 0 Å². The Morgan fingerprint density at radius 1 is 1.36 bits per heavy atom. The molecule has 0 radical (unpaired) electrons. The largest absolute Gasteiger partial charge is 0.358 e. The van der Waals surface area contributed by atoms with Crippen molar-refractivity contribution in [2.45, 2.75) is 13.8 Å². The van der Waals surface area contributed by atoms with Gasteiger partial charge in [0, 0.05) is 0 Å². The molecule has 0 aliphatic heterocycles. The topological polar surface area (TPSA) is 46.5 Å². The lowest BCUT2D eigenvalue weighted by molar-refractivity contribution is 0.237. The summed E-state index contributed by atoms with van der Waals surface area (Å²) in [6.45, 7) is 4.17.